The fourth-order valence-corrected chi connectivity index (χ4v) is 3.46. The standard InChI is InChI=1S/C14H16ClN3OS/c1-9-10(6-7-16-9)14-17-13(18-19-14)8-20-12-5-3-2-4-11(12)15/h2-5,9-10,16H,6-8H2,1H3. The molecule has 0 bridgehead atoms. The summed E-state index contributed by atoms with van der Waals surface area (Å²) in [5, 5.41) is 8.21. The van der Waals surface area contributed by atoms with E-state index in [9.17, 15) is 0 Å². The van der Waals surface area contributed by atoms with Crippen molar-refractivity contribution >= 4 is 23.4 Å². The lowest BCUT2D eigenvalue weighted by molar-refractivity contribution is 0.342. The summed E-state index contributed by atoms with van der Waals surface area (Å²) in [6, 6.07) is 8.18. The molecule has 2 aromatic rings. The summed E-state index contributed by atoms with van der Waals surface area (Å²) >= 11 is 7.75. The van der Waals surface area contributed by atoms with E-state index in [2.05, 4.69) is 22.4 Å². The van der Waals surface area contributed by atoms with Gasteiger partial charge in [-0.15, -0.1) is 11.8 Å². The van der Waals surface area contributed by atoms with Crippen LogP contribution in [0.2, 0.25) is 5.02 Å². The molecule has 20 heavy (non-hydrogen) atoms. The van der Waals surface area contributed by atoms with Crippen molar-refractivity contribution in [3.05, 3.63) is 41.0 Å². The first-order valence-corrected chi connectivity index (χ1v) is 8.03. The van der Waals surface area contributed by atoms with Crippen LogP contribution in [0, 0.1) is 0 Å². The maximum atomic E-state index is 6.13. The third-order valence-corrected chi connectivity index (χ3v) is 5.03. The van der Waals surface area contributed by atoms with E-state index in [1.54, 1.807) is 11.8 Å². The highest BCUT2D eigenvalue weighted by molar-refractivity contribution is 7.98. The van der Waals surface area contributed by atoms with Crippen molar-refractivity contribution in [1.29, 1.82) is 0 Å². The number of aromatic nitrogens is 2. The molecule has 1 aliphatic heterocycles. The van der Waals surface area contributed by atoms with Crippen LogP contribution in [0.1, 0.15) is 31.0 Å². The van der Waals surface area contributed by atoms with E-state index in [1.807, 2.05) is 24.3 Å². The van der Waals surface area contributed by atoms with Crippen molar-refractivity contribution in [1.82, 2.24) is 15.5 Å². The normalized spacial score (nSPS) is 22.3. The van der Waals surface area contributed by atoms with Crippen LogP contribution in [0.5, 0.6) is 0 Å². The number of rotatable bonds is 4. The molecule has 0 spiro atoms. The van der Waals surface area contributed by atoms with E-state index in [1.165, 1.54) is 0 Å². The van der Waals surface area contributed by atoms with Crippen LogP contribution in [0.25, 0.3) is 0 Å². The van der Waals surface area contributed by atoms with E-state index in [0.717, 1.165) is 34.6 Å². The Balaban J connectivity index is 1.64. The molecular formula is C14H16ClN3OS. The smallest absolute Gasteiger partial charge is 0.231 e. The van der Waals surface area contributed by atoms with Crippen LogP contribution in [-0.4, -0.2) is 22.7 Å². The Bertz CT molecular complexity index is 589. The predicted molar refractivity (Wildman–Crippen MR) is 80.1 cm³/mol. The average Bonchev–Trinajstić information content (AvgIpc) is 3.06. The molecule has 0 radical (unpaired) electrons. The molecule has 6 heteroatoms. The molecule has 0 amide bonds. The molecule has 2 heterocycles. The minimum atomic E-state index is 0.335. The molecule has 1 fully saturated rings. The highest BCUT2D eigenvalue weighted by Crippen LogP contribution is 2.30. The second kappa shape index (κ2) is 6.16. The Morgan fingerprint density at radius 2 is 2.30 bits per heavy atom. The van der Waals surface area contributed by atoms with Gasteiger partial charge in [0.1, 0.15) is 0 Å². The van der Waals surface area contributed by atoms with E-state index in [0.29, 0.717) is 17.7 Å². The van der Waals surface area contributed by atoms with E-state index >= 15 is 0 Å². The monoisotopic (exact) mass is 309 g/mol. The van der Waals surface area contributed by atoms with Gasteiger partial charge in [0.05, 0.1) is 16.7 Å². The van der Waals surface area contributed by atoms with Gasteiger partial charge in [0.25, 0.3) is 0 Å². The second-order valence-corrected chi connectivity index (χ2v) is 6.33. The third kappa shape index (κ3) is 3.00. The van der Waals surface area contributed by atoms with Gasteiger partial charge in [0.2, 0.25) is 5.89 Å². The summed E-state index contributed by atoms with van der Waals surface area (Å²) < 4.78 is 5.39. The van der Waals surface area contributed by atoms with E-state index in [4.69, 9.17) is 16.1 Å². The summed E-state index contributed by atoms with van der Waals surface area (Å²) in [5.41, 5.74) is 0. The zero-order valence-electron chi connectivity index (χ0n) is 11.2. The quantitative estimate of drug-likeness (QED) is 0.876. The summed E-state index contributed by atoms with van der Waals surface area (Å²) in [6.07, 6.45) is 1.06. The van der Waals surface area contributed by atoms with Crippen LogP contribution in [0.3, 0.4) is 0 Å². The highest BCUT2D eigenvalue weighted by atomic mass is 35.5. The summed E-state index contributed by atoms with van der Waals surface area (Å²) in [5.74, 6) is 2.48. The largest absolute Gasteiger partial charge is 0.339 e. The Morgan fingerprint density at radius 1 is 1.45 bits per heavy atom. The lowest BCUT2D eigenvalue weighted by atomic mass is 10.0. The van der Waals surface area contributed by atoms with Crippen molar-refractivity contribution in [2.75, 3.05) is 6.54 Å². The van der Waals surface area contributed by atoms with Crippen LogP contribution in [0.4, 0.5) is 0 Å². The van der Waals surface area contributed by atoms with Crippen molar-refractivity contribution in [2.45, 2.75) is 36.0 Å². The van der Waals surface area contributed by atoms with Gasteiger partial charge in [-0.25, -0.2) is 0 Å². The molecule has 4 nitrogen and oxygen atoms in total. The maximum absolute atomic E-state index is 6.13. The van der Waals surface area contributed by atoms with Gasteiger partial charge in [0, 0.05) is 10.9 Å². The van der Waals surface area contributed by atoms with Gasteiger partial charge in [0.15, 0.2) is 5.82 Å². The van der Waals surface area contributed by atoms with Crippen molar-refractivity contribution in [2.24, 2.45) is 0 Å². The van der Waals surface area contributed by atoms with Crippen molar-refractivity contribution < 1.29 is 4.52 Å². The van der Waals surface area contributed by atoms with Gasteiger partial charge in [-0.05, 0) is 32.0 Å². The number of hydrogen-bond acceptors (Lipinski definition) is 5. The Kier molecular flexibility index (Phi) is 4.29. The lowest BCUT2D eigenvalue weighted by Gasteiger charge is -2.08. The summed E-state index contributed by atoms with van der Waals surface area (Å²) in [4.78, 5) is 5.54. The maximum Gasteiger partial charge on any atom is 0.231 e. The van der Waals surface area contributed by atoms with Crippen LogP contribution >= 0.6 is 23.4 Å². The van der Waals surface area contributed by atoms with Gasteiger partial charge >= 0.3 is 0 Å². The molecule has 1 saturated heterocycles. The fraction of sp³-hybridized carbons (Fsp3) is 0.429. The molecule has 0 saturated carbocycles. The SMILES string of the molecule is CC1NCCC1c1nc(CSc2ccccc2Cl)no1. The van der Waals surface area contributed by atoms with E-state index in [-0.39, 0.29) is 0 Å². The molecule has 2 atom stereocenters. The number of nitrogens with one attached hydrogen (secondary N) is 1. The second-order valence-electron chi connectivity index (χ2n) is 4.91. The first-order chi connectivity index (χ1) is 9.74. The molecule has 0 aliphatic carbocycles. The number of nitrogens with zero attached hydrogens (tertiary/aromatic N) is 2. The predicted octanol–water partition coefficient (Wildman–Crippen LogP) is 3.48. The van der Waals surface area contributed by atoms with Crippen molar-refractivity contribution in [3.8, 4) is 0 Å². The van der Waals surface area contributed by atoms with Crippen LogP contribution in [0.15, 0.2) is 33.7 Å². The molecule has 2 unspecified atom stereocenters. The van der Waals surface area contributed by atoms with Crippen molar-refractivity contribution in [3.63, 3.8) is 0 Å². The molecule has 1 N–H and O–H groups in total. The molecule has 1 aliphatic rings. The summed E-state index contributed by atoms with van der Waals surface area (Å²) in [6.45, 7) is 3.16. The first kappa shape index (κ1) is 13.9. The Labute approximate surface area is 127 Å². The number of benzene rings is 1. The van der Waals surface area contributed by atoms with Crippen LogP contribution < -0.4 is 5.32 Å². The third-order valence-electron chi connectivity index (χ3n) is 3.52. The van der Waals surface area contributed by atoms with Gasteiger partial charge in [-0.1, -0.05) is 28.9 Å². The minimum Gasteiger partial charge on any atom is -0.339 e. The van der Waals surface area contributed by atoms with Gasteiger partial charge < -0.3 is 9.84 Å². The highest BCUT2D eigenvalue weighted by Gasteiger charge is 2.29. The van der Waals surface area contributed by atoms with Gasteiger partial charge in [-0.2, -0.15) is 4.98 Å². The molecule has 106 valence electrons. The molecule has 3 rings (SSSR count). The summed E-state index contributed by atoms with van der Waals surface area (Å²) in [7, 11) is 0. The fourth-order valence-electron chi connectivity index (χ4n) is 2.38. The number of hydrogen-bond donors (Lipinski definition) is 1. The lowest BCUT2D eigenvalue weighted by Crippen LogP contribution is -2.21. The molecular weight excluding hydrogens is 294 g/mol. The average molecular weight is 310 g/mol. The molecule has 1 aromatic carbocycles. The zero-order chi connectivity index (χ0) is 13.9. The number of halogens is 1. The minimum absolute atomic E-state index is 0.335. The van der Waals surface area contributed by atoms with Crippen LogP contribution in [-0.2, 0) is 5.75 Å². The van der Waals surface area contributed by atoms with Gasteiger partial charge in [-0.3, -0.25) is 0 Å². The van der Waals surface area contributed by atoms with E-state index < -0.39 is 0 Å². The Hall–Kier alpha value is -1.04. The number of thioether (sulfide) groups is 1. The first-order valence-electron chi connectivity index (χ1n) is 6.67. The topological polar surface area (TPSA) is 51.0 Å². The zero-order valence-corrected chi connectivity index (χ0v) is 12.7. The Morgan fingerprint density at radius 3 is 3.05 bits per heavy atom. The molecule has 1 aromatic heterocycles.